The van der Waals surface area contributed by atoms with Crippen LogP contribution < -0.4 is 0 Å². The van der Waals surface area contributed by atoms with Crippen LogP contribution in [-0.4, -0.2) is 48.2 Å². The number of hydrogen-bond donors (Lipinski definition) is 2. The predicted octanol–water partition coefficient (Wildman–Crippen LogP) is 0.0245. The Morgan fingerprint density at radius 3 is 2.22 bits per heavy atom. The molecule has 1 saturated heterocycles. The number of sulfonamides is 1. The summed E-state index contributed by atoms with van der Waals surface area (Å²) in [4.78, 5) is 0. The third-order valence-corrected chi connectivity index (χ3v) is 4.32. The van der Waals surface area contributed by atoms with E-state index in [1.54, 1.807) is 12.1 Å². The third-order valence-electron chi connectivity index (χ3n) is 2.82. The predicted molar refractivity (Wildman–Crippen MR) is 68.0 cm³/mol. The minimum atomic E-state index is -3.59. The van der Waals surface area contributed by atoms with Crippen molar-refractivity contribution in [3.8, 4) is 0 Å². The summed E-state index contributed by atoms with van der Waals surface area (Å²) in [6.07, 6.45) is -0.526. The van der Waals surface area contributed by atoms with Gasteiger partial charge in [0.2, 0.25) is 10.0 Å². The van der Waals surface area contributed by atoms with Crippen molar-refractivity contribution >= 4 is 16.1 Å². The molecule has 1 aromatic rings. The van der Waals surface area contributed by atoms with Crippen molar-refractivity contribution in [1.82, 2.24) is 4.31 Å². The fraction of sp³-hybridized carbons (Fsp3) is 0.333. The summed E-state index contributed by atoms with van der Waals surface area (Å²) in [6, 6.07) is 9.06. The van der Waals surface area contributed by atoms with Gasteiger partial charge in [-0.25, -0.2) is 8.42 Å². The Morgan fingerprint density at radius 2 is 1.67 bits per heavy atom. The van der Waals surface area contributed by atoms with Crippen molar-refractivity contribution in [2.45, 2.75) is 12.2 Å². The van der Waals surface area contributed by atoms with E-state index in [0.29, 0.717) is 0 Å². The molecule has 1 aliphatic rings. The van der Waals surface area contributed by atoms with Crippen molar-refractivity contribution in [3.63, 3.8) is 0 Å². The monoisotopic (exact) mass is 269 g/mol. The minimum absolute atomic E-state index is 0.0668. The molecule has 1 aromatic carbocycles. The smallest absolute Gasteiger partial charge is 0.236 e. The number of aliphatic hydroxyl groups excluding tert-OH is 2. The van der Waals surface area contributed by atoms with Crippen LogP contribution in [0.25, 0.3) is 6.08 Å². The van der Waals surface area contributed by atoms with Crippen LogP contribution in [0.4, 0.5) is 0 Å². The van der Waals surface area contributed by atoms with E-state index in [1.165, 1.54) is 6.08 Å². The Hall–Kier alpha value is -1.21. The van der Waals surface area contributed by atoms with Gasteiger partial charge in [0.15, 0.2) is 0 Å². The highest BCUT2D eigenvalue weighted by atomic mass is 32.2. The number of nitrogens with zero attached hydrogens (tertiary/aromatic N) is 1. The van der Waals surface area contributed by atoms with E-state index in [0.717, 1.165) is 15.3 Å². The van der Waals surface area contributed by atoms with E-state index in [-0.39, 0.29) is 13.1 Å². The van der Waals surface area contributed by atoms with Gasteiger partial charge in [-0.15, -0.1) is 0 Å². The molecule has 0 radical (unpaired) electrons. The second-order valence-electron chi connectivity index (χ2n) is 4.21. The Kier molecular flexibility index (Phi) is 3.82. The highest BCUT2D eigenvalue weighted by molar-refractivity contribution is 7.92. The van der Waals surface area contributed by atoms with Crippen LogP contribution in [-0.2, 0) is 10.0 Å². The molecule has 2 rings (SSSR count). The number of aliphatic hydroxyl groups is 2. The molecule has 6 heteroatoms. The molecule has 0 bridgehead atoms. The van der Waals surface area contributed by atoms with Crippen LogP contribution in [0.3, 0.4) is 0 Å². The summed E-state index contributed by atoms with van der Waals surface area (Å²) in [5.74, 6) is 0. The van der Waals surface area contributed by atoms with Gasteiger partial charge in [-0.05, 0) is 11.6 Å². The first-order chi connectivity index (χ1) is 8.49. The maximum atomic E-state index is 11.9. The average molecular weight is 269 g/mol. The zero-order chi connectivity index (χ0) is 13.2. The fourth-order valence-corrected chi connectivity index (χ4v) is 2.98. The molecule has 2 N–H and O–H groups in total. The first kappa shape index (κ1) is 13.2. The van der Waals surface area contributed by atoms with Gasteiger partial charge >= 0.3 is 0 Å². The highest BCUT2D eigenvalue weighted by Gasteiger charge is 2.35. The Bertz CT molecular complexity index is 516. The van der Waals surface area contributed by atoms with E-state index < -0.39 is 22.2 Å². The lowest BCUT2D eigenvalue weighted by molar-refractivity contribution is 0.0572. The zero-order valence-electron chi connectivity index (χ0n) is 9.68. The van der Waals surface area contributed by atoms with Crippen LogP contribution in [0.5, 0.6) is 0 Å². The van der Waals surface area contributed by atoms with Gasteiger partial charge in [-0.1, -0.05) is 30.3 Å². The van der Waals surface area contributed by atoms with Crippen LogP contribution in [0.1, 0.15) is 5.56 Å². The lowest BCUT2D eigenvalue weighted by Crippen LogP contribution is -2.28. The highest BCUT2D eigenvalue weighted by Crippen LogP contribution is 2.16. The van der Waals surface area contributed by atoms with Crippen molar-refractivity contribution in [2.24, 2.45) is 0 Å². The molecule has 0 unspecified atom stereocenters. The van der Waals surface area contributed by atoms with E-state index >= 15 is 0 Å². The average Bonchev–Trinajstić information content (AvgIpc) is 2.70. The van der Waals surface area contributed by atoms with E-state index in [1.807, 2.05) is 18.2 Å². The lowest BCUT2D eigenvalue weighted by Gasteiger charge is -2.11. The standard InChI is InChI=1S/C12H15NO4S/c14-11-8-13(9-12(11)15)18(16,17)7-6-10-4-2-1-3-5-10/h1-7,11-12,14-15H,8-9H2/t11-,12+. The topological polar surface area (TPSA) is 77.8 Å². The fourth-order valence-electron chi connectivity index (χ4n) is 1.76. The van der Waals surface area contributed by atoms with Gasteiger partial charge in [0.25, 0.3) is 0 Å². The third kappa shape index (κ3) is 2.97. The van der Waals surface area contributed by atoms with Crippen molar-refractivity contribution in [3.05, 3.63) is 41.3 Å². The maximum absolute atomic E-state index is 11.9. The lowest BCUT2D eigenvalue weighted by atomic mass is 10.2. The van der Waals surface area contributed by atoms with Crippen molar-refractivity contribution in [2.75, 3.05) is 13.1 Å². The van der Waals surface area contributed by atoms with E-state index in [4.69, 9.17) is 0 Å². The second-order valence-corrected chi connectivity index (χ2v) is 6.03. The molecule has 0 aliphatic carbocycles. The van der Waals surface area contributed by atoms with Gasteiger partial charge in [-0.2, -0.15) is 4.31 Å². The van der Waals surface area contributed by atoms with Gasteiger partial charge in [-0.3, -0.25) is 0 Å². The molecule has 2 atom stereocenters. The normalized spacial score (nSPS) is 25.9. The molecule has 1 aliphatic heterocycles. The van der Waals surface area contributed by atoms with Gasteiger partial charge in [0.1, 0.15) is 0 Å². The quantitative estimate of drug-likeness (QED) is 0.811. The molecular weight excluding hydrogens is 254 g/mol. The maximum Gasteiger partial charge on any atom is 0.236 e. The summed E-state index contributed by atoms with van der Waals surface area (Å²) in [6.45, 7) is -0.134. The van der Waals surface area contributed by atoms with E-state index in [2.05, 4.69) is 0 Å². The zero-order valence-corrected chi connectivity index (χ0v) is 10.5. The minimum Gasteiger partial charge on any atom is -0.389 e. The van der Waals surface area contributed by atoms with Gasteiger partial charge < -0.3 is 10.2 Å². The molecule has 1 fully saturated rings. The first-order valence-electron chi connectivity index (χ1n) is 5.58. The molecular formula is C12H15NO4S. The summed E-state index contributed by atoms with van der Waals surface area (Å²) in [5, 5.41) is 19.8. The Labute approximate surface area is 106 Å². The van der Waals surface area contributed by atoms with Crippen LogP contribution in [0, 0.1) is 0 Å². The number of hydrogen-bond acceptors (Lipinski definition) is 4. The van der Waals surface area contributed by atoms with Crippen molar-refractivity contribution < 1.29 is 18.6 Å². The molecule has 18 heavy (non-hydrogen) atoms. The summed E-state index contributed by atoms with van der Waals surface area (Å²) in [5.41, 5.74) is 0.779. The summed E-state index contributed by atoms with van der Waals surface area (Å²) in [7, 11) is -3.59. The van der Waals surface area contributed by atoms with Crippen LogP contribution in [0.2, 0.25) is 0 Å². The molecule has 1 heterocycles. The molecule has 0 saturated carbocycles. The summed E-state index contributed by atoms with van der Waals surface area (Å²) < 4.78 is 24.9. The number of benzene rings is 1. The molecule has 0 amide bonds. The summed E-state index contributed by atoms with van der Waals surface area (Å²) >= 11 is 0. The van der Waals surface area contributed by atoms with Gasteiger partial charge in [0, 0.05) is 18.5 Å². The number of β-amino-alcohol motifs (C(OH)–C–C–N with tert-alkyl or cyclic N) is 2. The molecule has 0 spiro atoms. The Balaban J connectivity index is 2.11. The van der Waals surface area contributed by atoms with Gasteiger partial charge in [0.05, 0.1) is 12.2 Å². The second kappa shape index (κ2) is 5.19. The first-order valence-corrected chi connectivity index (χ1v) is 7.09. The molecule has 98 valence electrons. The SMILES string of the molecule is O=S(=O)(C=Cc1ccccc1)N1C[C@@H](O)[C@@H](O)C1. The molecule has 5 nitrogen and oxygen atoms in total. The van der Waals surface area contributed by atoms with Crippen LogP contribution in [0.15, 0.2) is 35.7 Å². The van der Waals surface area contributed by atoms with E-state index in [9.17, 15) is 18.6 Å². The molecule has 0 aromatic heterocycles. The van der Waals surface area contributed by atoms with Crippen molar-refractivity contribution in [1.29, 1.82) is 0 Å². The number of rotatable bonds is 3. The van der Waals surface area contributed by atoms with Crippen LogP contribution >= 0.6 is 0 Å². The largest absolute Gasteiger partial charge is 0.389 e. The Morgan fingerprint density at radius 1 is 1.11 bits per heavy atom.